The molecule has 0 aliphatic rings. The molecule has 94 valence electrons. The Balaban J connectivity index is 1.85. The molecule has 0 spiro atoms. The third-order valence-electron chi connectivity index (χ3n) is 2.34. The fraction of sp³-hybridized carbons (Fsp3) is 0.154. The van der Waals surface area contributed by atoms with E-state index in [2.05, 4.69) is 5.32 Å². The molecule has 3 nitrogen and oxygen atoms in total. The first-order valence-electron chi connectivity index (χ1n) is 5.39. The molecule has 0 unspecified atom stereocenters. The Morgan fingerprint density at radius 1 is 1.33 bits per heavy atom. The van der Waals surface area contributed by atoms with Gasteiger partial charge in [-0.1, -0.05) is 12.1 Å². The molecule has 1 aromatic carbocycles. The molecule has 18 heavy (non-hydrogen) atoms. The number of halogens is 2. The molecule has 1 aromatic heterocycles. The standard InChI is InChI=1S/C13H11ClFNO2/c14-12-5-4-11(18-12)8-16-13(17)7-9-2-1-3-10(15)6-9/h1-6H,7-8H2,(H,16,17). The molecule has 2 rings (SSSR count). The number of benzene rings is 1. The highest BCUT2D eigenvalue weighted by molar-refractivity contribution is 6.28. The second kappa shape index (κ2) is 5.69. The van der Waals surface area contributed by atoms with Gasteiger partial charge in [0.25, 0.3) is 0 Å². The molecular formula is C13H11ClFNO2. The maximum absolute atomic E-state index is 12.9. The van der Waals surface area contributed by atoms with E-state index in [1.165, 1.54) is 12.1 Å². The lowest BCUT2D eigenvalue weighted by atomic mass is 10.1. The second-order valence-electron chi connectivity index (χ2n) is 3.79. The van der Waals surface area contributed by atoms with Gasteiger partial charge in [-0.25, -0.2) is 4.39 Å². The minimum atomic E-state index is -0.349. The van der Waals surface area contributed by atoms with E-state index in [4.69, 9.17) is 16.0 Å². The monoisotopic (exact) mass is 267 g/mol. The lowest BCUT2D eigenvalue weighted by Gasteiger charge is -2.03. The number of rotatable bonds is 4. The predicted octanol–water partition coefficient (Wildman–Crippen LogP) is 2.93. The van der Waals surface area contributed by atoms with Gasteiger partial charge < -0.3 is 9.73 Å². The highest BCUT2D eigenvalue weighted by Gasteiger charge is 2.06. The molecular weight excluding hydrogens is 257 g/mol. The lowest BCUT2D eigenvalue weighted by molar-refractivity contribution is -0.120. The van der Waals surface area contributed by atoms with Gasteiger partial charge in [0, 0.05) is 0 Å². The SMILES string of the molecule is O=C(Cc1cccc(F)c1)NCc1ccc(Cl)o1. The van der Waals surface area contributed by atoms with Gasteiger partial charge in [0.1, 0.15) is 11.6 Å². The molecule has 0 atom stereocenters. The Morgan fingerprint density at radius 2 is 2.17 bits per heavy atom. The number of carbonyl (C=O) groups excluding carboxylic acids is 1. The van der Waals surface area contributed by atoms with E-state index in [0.717, 1.165) is 0 Å². The molecule has 0 radical (unpaired) electrons. The molecule has 0 saturated heterocycles. The summed E-state index contributed by atoms with van der Waals surface area (Å²) in [6.45, 7) is 0.265. The van der Waals surface area contributed by atoms with Crippen molar-refractivity contribution in [1.29, 1.82) is 0 Å². The smallest absolute Gasteiger partial charge is 0.224 e. The van der Waals surface area contributed by atoms with Crippen molar-refractivity contribution in [3.05, 3.63) is 58.8 Å². The summed E-state index contributed by atoms with van der Waals surface area (Å²) < 4.78 is 18.0. The minimum Gasteiger partial charge on any atom is -0.448 e. The Hall–Kier alpha value is -1.81. The first kappa shape index (κ1) is 12.6. The number of hydrogen-bond acceptors (Lipinski definition) is 2. The van der Waals surface area contributed by atoms with Crippen molar-refractivity contribution < 1.29 is 13.6 Å². The molecule has 0 saturated carbocycles. The van der Waals surface area contributed by atoms with Gasteiger partial charge in [0.15, 0.2) is 5.22 Å². The number of hydrogen-bond donors (Lipinski definition) is 1. The van der Waals surface area contributed by atoms with Gasteiger partial charge in [0.05, 0.1) is 13.0 Å². The van der Waals surface area contributed by atoms with E-state index in [1.807, 2.05) is 0 Å². The van der Waals surface area contributed by atoms with Gasteiger partial charge in [-0.15, -0.1) is 0 Å². The third-order valence-corrected chi connectivity index (χ3v) is 2.55. The fourth-order valence-corrected chi connectivity index (χ4v) is 1.69. The largest absolute Gasteiger partial charge is 0.448 e. The van der Waals surface area contributed by atoms with E-state index in [-0.39, 0.29) is 29.9 Å². The zero-order chi connectivity index (χ0) is 13.0. The van der Waals surface area contributed by atoms with Crippen LogP contribution in [-0.2, 0) is 17.8 Å². The Morgan fingerprint density at radius 3 is 2.83 bits per heavy atom. The van der Waals surface area contributed by atoms with Crippen molar-refractivity contribution in [3.63, 3.8) is 0 Å². The summed E-state index contributed by atoms with van der Waals surface area (Å²) >= 11 is 5.60. The maximum atomic E-state index is 12.9. The van der Waals surface area contributed by atoms with Gasteiger partial charge in [-0.3, -0.25) is 4.79 Å². The quantitative estimate of drug-likeness (QED) is 0.925. The summed E-state index contributed by atoms with van der Waals surface area (Å²) in [5.41, 5.74) is 0.630. The van der Waals surface area contributed by atoms with Crippen molar-refractivity contribution in [2.45, 2.75) is 13.0 Å². The van der Waals surface area contributed by atoms with Crippen molar-refractivity contribution in [2.75, 3.05) is 0 Å². The molecule has 1 N–H and O–H groups in total. The molecule has 1 amide bonds. The van der Waals surface area contributed by atoms with Gasteiger partial charge >= 0.3 is 0 Å². The Bertz CT molecular complexity index is 553. The van der Waals surface area contributed by atoms with Crippen molar-refractivity contribution in [3.8, 4) is 0 Å². The van der Waals surface area contributed by atoms with Crippen molar-refractivity contribution in [2.24, 2.45) is 0 Å². The maximum Gasteiger partial charge on any atom is 0.224 e. The summed E-state index contributed by atoms with van der Waals surface area (Å²) in [5, 5.41) is 2.95. The van der Waals surface area contributed by atoms with E-state index >= 15 is 0 Å². The number of amides is 1. The second-order valence-corrected chi connectivity index (χ2v) is 4.16. The first-order chi connectivity index (χ1) is 8.63. The van der Waals surface area contributed by atoms with Crippen LogP contribution in [0.1, 0.15) is 11.3 Å². The average Bonchev–Trinajstić information content (AvgIpc) is 2.73. The average molecular weight is 268 g/mol. The summed E-state index contributed by atoms with van der Waals surface area (Å²) in [5.74, 6) is 0.0267. The van der Waals surface area contributed by atoms with Crippen LogP contribution in [0, 0.1) is 5.82 Å². The van der Waals surface area contributed by atoms with Gasteiger partial charge in [-0.05, 0) is 41.4 Å². The van der Waals surface area contributed by atoms with E-state index in [9.17, 15) is 9.18 Å². The highest BCUT2D eigenvalue weighted by Crippen LogP contribution is 2.12. The van der Waals surface area contributed by atoms with E-state index < -0.39 is 0 Å². The van der Waals surface area contributed by atoms with E-state index in [0.29, 0.717) is 11.3 Å². The summed E-state index contributed by atoms with van der Waals surface area (Å²) in [6.07, 6.45) is 0.131. The fourth-order valence-electron chi connectivity index (χ4n) is 1.53. The molecule has 2 aromatic rings. The van der Waals surface area contributed by atoms with Gasteiger partial charge in [0.2, 0.25) is 5.91 Å². The molecule has 1 heterocycles. The number of furan rings is 1. The van der Waals surface area contributed by atoms with Crippen LogP contribution >= 0.6 is 11.6 Å². The van der Waals surface area contributed by atoms with Crippen LogP contribution in [0.3, 0.4) is 0 Å². The van der Waals surface area contributed by atoms with Crippen molar-refractivity contribution in [1.82, 2.24) is 5.32 Å². The minimum absolute atomic E-state index is 0.131. The summed E-state index contributed by atoms with van der Waals surface area (Å²) in [4.78, 5) is 11.6. The molecule has 5 heteroatoms. The summed E-state index contributed by atoms with van der Waals surface area (Å²) in [7, 11) is 0. The van der Waals surface area contributed by atoms with Crippen LogP contribution in [0.4, 0.5) is 4.39 Å². The van der Waals surface area contributed by atoms with Gasteiger partial charge in [-0.2, -0.15) is 0 Å². The predicted molar refractivity (Wildman–Crippen MR) is 65.7 cm³/mol. The van der Waals surface area contributed by atoms with Crippen LogP contribution in [-0.4, -0.2) is 5.91 Å². The van der Waals surface area contributed by atoms with Crippen LogP contribution in [0.25, 0.3) is 0 Å². The lowest BCUT2D eigenvalue weighted by Crippen LogP contribution is -2.24. The van der Waals surface area contributed by atoms with Crippen LogP contribution in [0.2, 0.25) is 5.22 Å². The van der Waals surface area contributed by atoms with Crippen LogP contribution in [0.15, 0.2) is 40.8 Å². The van der Waals surface area contributed by atoms with Crippen LogP contribution in [0.5, 0.6) is 0 Å². The van der Waals surface area contributed by atoms with Crippen LogP contribution < -0.4 is 5.32 Å². The summed E-state index contributed by atoms with van der Waals surface area (Å²) in [6, 6.07) is 9.24. The Labute approximate surface area is 109 Å². The zero-order valence-corrected chi connectivity index (χ0v) is 10.2. The molecule has 0 aliphatic carbocycles. The molecule has 0 bridgehead atoms. The van der Waals surface area contributed by atoms with Crippen molar-refractivity contribution >= 4 is 17.5 Å². The normalized spacial score (nSPS) is 10.3. The number of carbonyl (C=O) groups is 1. The Kier molecular flexibility index (Phi) is 3.99. The number of nitrogens with one attached hydrogen (secondary N) is 1. The highest BCUT2D eigenvalue weighted by atomic mass is 35.5. The topological polar surface area (TPSA) is 42.2 Å². The first-order valence-corrected chi connectivity index (χ1v) is 5.76. The van der Waals surface area contributed by atoms with E-state index in [1.54, 1.807) is 24.3 Å². The zero-order valence-electron chi connectivity index (χ0n) is 9.45. The third kappa shape index (κ3) is 3.60. The molecule has 0 aliphatic heterocycles. The molecule has 0 fully saturated rings.